The lowest BCUT2D eigenvalue weighted by atomic mass is 10.0. The van der Waals surface area contributed by atoms with E-state index in [1.807, 2.05) is 24.3 Å². The number of hydrogen-bond acceptors (Lipinski definition) is 6. The van der Waals surface area contributed by atoms with E-state index < -0.39 is 12.2 Å². The van der Waals surface area contributed by atoms with Crippen molar-refractivity contribution < 1.29 is 13.9 Å². The zero-order valence-electron chi connectivity index (χ0n) is 17.1. The Morgan fingerprint density at radius 1 is 1.37 bits per heavy atom. The molecule has 2 saturated heterocycles. The van der Waals surface area contributed by atoms with Gasteiger partial charge in [-0.25, -0.2) is 4.39 Å². The molecule has 0 radical (unpaired) electrons. The molecular weight excluding hydrogens is 385 g/mol. The van der Waals surface area contributed by atoms with Gasteiger partial charge in [-0.2, -0.15) is 5.26 Å². The number of carbonyl (C=O) groups excluding carboxylic acids is 1. The number of nitriles is 1. The maximum absolute atomic E-state index is 13.6. The Hall–Kier alpha value is -2.92. The molecule has 1 aromatic heterocycles. The standard InChI is InChI=1S/C22H26FN5O2/c1-30-21-4-7-25-20-3-2-17(11-19(20)21)26-16-5-8-27(9-6-16)14-22(29)28-13-15(23)10-18(28)12-24/h2-4,7,11,15-16,18,26H,5-6,8-10,13-14H2,1H3/t15-,18?/m0/s1. The molecule has 158 valence electrons. The van der Waals surface area contributed by atoms with E-state index in [1.54, 1.807) is 13.3 Å². The van der Waals surface area contributed by atoms with Crippen LogP contribution in [0.2, 0.25) is 0 Å². The van der Waals surface area contributed by atoms with Crippen LogP contribution in [0.1, 0.15) is 19.3 Å². The largest absolute Gasteiger partial charge is 0.496 e. The molecule has 1 unspecified atom stereocenters. The van der Waals surface area contributed by atoms with Crippen molar-refractivity contribution in [1.82, 2.24) is 14.8 Å². The molecule has 8 heteroatoms. The zero-order valence-corrected chi connectivity index (χ0v) is 17.1. The van der Waals surface area contributed by atoms with Crippen molar-refractivity contribution in [2.45, 2.75) is 37.5 Å². The molecule has 1 amide bonds. The van der Waals surface area contributed by atoms with Gasteiger partial charge in [0.15, 0.2) is 0 Å². The molecule has 2 aliphatic rings. The molecule has 0 aliphatic carbocycles. The molecule has 2 aliphatic heterocycles. The van der Waals surface area contributed by atoms with Crippen LogP contribution in [0.5, 0.6) is 5.75 Å². The van der Waals surface area contributed by atoms with Gasteiger partial charge in [0.25, 0.3) is 0 Å². The van der Waals surface area contributed by atoms with Gasteiger partial charge < -0.3 is 15.0 Å². The van der Waals surface area contributed by atoms with Gasteiger partial charge in [-0.15, -0.1) is 0 Å². The Kier molecular flexibility index (Phi) is 6.00. The van der Waals surface area contributed by atoms with Gasteiger partial charge >= 0.3 is 0 Å². The summed E-state index contributed by atoms with van der Waals surface area (Å²) in [4.78, 5) is 20.4. The molecule has 2 fully saturated rings. The van der Waals surface area contributed by atoms with Crippen LogP contribution >= 0.6 is 0 Å². The maximum atomic E-state index is 13.6. The summed E-state index contributed by atoms with van der Waals surface area (Å²) < 4.78 is 19.0. The minimum absolute atomic E-state index is 0.0371. The lowest BCUT2D eigenvalue weighted by Gasteiger charge is -2.33. The molecule has 2 aromatic rings. The quantitative estimate of drug-likeness (QED) is 0.815. The fraction of sp³-hybridized carbons (Fsp3) is 0.500. The monoisotopic (exact) mass is 411 g/mol. The highest BCUT2D eigenvalue weighted by Gasteiger charge is 2.36. The predicted molar refractivity (Wildman–Crippen MR) is 112 cm³/mol. The third-order valence-corrected chi connectivity index (χ3v) is 5.96. The zero-order chi connectivity index (χ0) is 21.1. The maximum Gasteiger partial charge on any atom is 0.237 e. The Balaban J connectivity index is 1.31. The van der Waals surface area contributed by atoms with Crippen molar-refractivity contribution in [2.75, 3.05) is 38.6 Å². The number of amides is 1. The number of likely N-dealkylation sites (tertiary alicyclic amines) is 2. The third kappa shape index (κ3) is 4.31. The Morgan fingerprint density at radius 3 is 2.90 bits per heavy atom. The number of rotatable bonds is 5. The number of fused-ring (bicyclic) bond motifs is 1. The number of carbonyl (C=O) groups is 1. The topological polar surface area (TPSA) is 81.5 Å². The molecule has 0 bridgehead atoms. The molecule has 7 nitrogen and oxygen atoms in total. The second-order valence-corrected chi connectivity index (χ2v) is 7.96. The molecule has 0 spiro atoms. The van der Waals surface area contributed by atoms with Crippen molar-refractivity contribution in [3.05, 3.63) is 30.5 Å². The van der Waals surface area contributed by atoms with Crippen molar-refractivity contribution in [2.24, 2.45) is 0 Å². The summed E-state index contributed by atoms with van der Waals surface area (Å²) in [6.07, 6.45) is 2.58. The van der Waals surface area contributed by atoms with Crippen molar-refractivity contribution in [3.63, 3.8) is 0 Å². The number of piperidine rings is 1. The molecular formula is C22H26FN5O2. The fourth-order valence-corrected chi connectivity index (χ4v) is 4.32. The smallest absolute Gasteiger partial charge is 0.237 e. The first-order valence-electron chi connectivity index (χ1n) is 10.3. The second-order valence-electron chi connectivity index (χ2n) is 7.96. The van der Waals surface area contributed by atoms with Crippen LogP contribution in [0.3, 0.4) is 0 Å². The molecule has 3 heterocycles. The number of pyridine rings is 1. The van der Waals surface area contributed by atoms with Crippen molar-refractivity contribution >= 4 is 22.5 Å². The highest BCUT2D eigenvalue weighted by atomic mass is 19.1. The summed E-state index contributed by atoms with van der Waals surface area (Å²) in [6, 6.07) is 9.63. The Morgan fingerprint density at radius 2 is 2.17 bits per heavy atom. The van der Waals surface area contributed by atoms with E-state index in [4.69, 9.17) is 10.00 Å². The summed E-state index contributed by atoms with van der Waals surface area (Å²) in [5.41, 5.74) is 1.91. The molecule has 30 heavy (non-hydrogen) atoms. The van der Waals surface area contributed by atoms with E-state index >= 15 is 0 Å². The van der Waals surface area contributed by atoms with E-state index in [2.05, 4.69) is 21.3 Å². The van der Waals surface area contributed by atoms with Gasteiger partial charge in [0.1, 0.15) is 18.0 Å². The number of anilines is 1. The lowest BCUT2D eigenvalue weighted by molar-refractivity contribution is -0.132. The van der Waals surface area contributed by atoms with Gasteiger partial charge in [-0.05, 0) is 37.1 Å². The number of aromatic nitrogens is 1. The van der Waals surface area contributed by atoms with Crippen LogP contribution in [0.15, 0.2) is 30.5 Å². The van der Waals surface area contributed by atoms with Crippen LogP contribution in [0.25, 0.3) is 10.9 Å². The first-order chi connectivity index (χ1) is 14.6. The van der Waals surface area contributed by atoms with Crippen LogP contribution in [-0.2, 0) is 4.79 Å². The number of nitrogens with one attached hydrogen (secondary N) is 1. The number of alkyl halides is 1. The highest BCUT2D eigenvalue weighted by molar-refractivity contribution is 5.88. The predicted octanol–water partition coefficient (Wildman–Crippen LogP) is 2.58. The van der Waals surface area contributed by atoms with E-state index in [0.717, 1.165) is 48.3 Å². The molecule has 1 N–H and O–H groups in total. The summed E-state index contributed by atoms with van der Waals surface area (Å²) in [5.74, 6) is 0.646. The van der Waals surface area contributed by atoms with Gasteiger partial charge in [-0.1, -0.05) is 0 Å². The van der Waals surface area contributed by atoms with Crippen LogP contribution in [-0.4, -0.2) is 72.2 Å². The Bertz CT molecular complexity index is 954. The van der Waals surface area contributed by atoms with E-state index in [9.17, 15) is 9.18 Å². The summed E-state index contributed by atoms with van der Waals surface area (Å²) >= 11 is 0. The average Bonchev–Trinajstić information content (AvgIpc) is 3.15. The summed E-state index contributed by atoms with van der Waals surface area (Å²) in [5, 5.41) is 13.7. The van der Waals surface area contributed by atoms with Crippen LogP contribution < -0.4 is 10.1 Å². The van der Waals surface area contributed by atoms with Gasteiger partial charge in [0.2, 0.25) is 5.91 Å². The number of halogens is 1. The van der Waals surface area contributed by atoms with E-state index in [-0.39, 0.29) is 25.4 Å². The fourth-order valence-electron chi connectivity index (χ4n) is 4.32. The van der Waals surface area contributed by atoms with Crippen molar-refractivity contribution in [1.29, 1.82) is 5.26 Å². The highest BCUT2D eigenvalue weighted by Crippen LogP contribution is 2.27. The number of benzene rings is 1. The molecule has 0 saturated carbocycles. The number of methoxy groups -OCH3 is 1. The first-order valence-corrected chi connectivity index (χ1v) is 10.3. The average molecular weight is 411 g/mol. The van der Waals surface area contributed by atoms with Crippen LogP contribution in [0.4, 0.5) is 10.1 Å². The Labute approximate surface area is 175 Å². The second kappa shape index (κ2) is 8.84. The normalized spacial score (nSPS) is 22.8. The van der Waals surface area contributed by atoms with Crippen molar-refractivity contribution in [3.8, 4) is 11.8 Å². The summed E-state index contributed by atoms with van der Waals surface area (Å²) in [7, 11) is 1.65. The molecule has 2 atom stereocenters. The number of ether oxygens (including phenoxy) is 1. The molecule has 1 aromatic carbocycles. The number of hydrogen-bond donors (Lipinski definition) is 1. The van der Waals surface area contributed by atoms with Gasteiger partial charge in [0.05, 0.1) is 31.8 Å². The van der Waals surface area contributed by atoms with E-state index in [1.165, 1.54) is 4.90 Å². The SMILES string of the molecule is COc1ccnc2ccc(NC3CCN(CC(=O)N4C[C@@H](F)CC4C#N)CC3)cc12. The minimum Gasteiger partial charge on any atom is -0.496 e. The van der Waals surface area contributed by atoms with Gasteiger partial charge in [-0.3, -0.25) is 14.7 Å². The third-order valence-electron chi connectivity index (χ3n) is 5.96. The van der Waals surface area contributed by atoms with E-state index in [0.29, 0.717) is 6.04 Å². The van der Waals surface area contributed by atoms with Gasteiger partial charge in [0, 0.05) is 42.8 Å². The lowest BCUT2D eigenvalue weighted by Crippen LogP contribution is -2.46. The number of nitrogens with zero attached hydrogens (tertiary/aromatic N) is 4. The minimum atomic E-state index is -1.09. The molecule has 4 rings (SSSR count). The summed E-state index contributed by atoms with van der Waals surface area (Å²) in [6.45, 7) is 1.85. The first kappa shape index (κ1) is 20.4. The van der Waals surface area contributed by atoms with Crippen LogP contribution in [0, 0.1) is 11.3 Å².